The van der Waals surface area contributed by atoms with E-state index in [1.165, 1.54) is 12.3 Å². The number of aromatic nitrogens is 1. The van der Waals surface area contributed by atoms with Crippen molar-refractivity contribution in [2.75, 3.05) is 19.6 Å². The van der Waals surface area contributed by atoms with Crippen molar-refractivity contribution in [2.45, 2.75) is 32.0 Å². The van der Waals surface area contributed by atoms with E-state index in [4.69, 9.17) is 4.74 Å². The molecule has 0 amide bonds. The van der Waals surface area contributed by atoms with Gasteiger partial charge in [0.15, 0.2) is 11.6 Å². The maximum atomic E-state index is 14.2. The number of nitrogens with zero attached hydrogens (tertiary/aromatic N) is 2. The Morgan fingerprint density at radius 1 is 1.22 bits per heavy atom. The molecule has 2 N–H and O–H groups in total. The van der Waals surface area contributed by atoms with Gasteiger partial charge in [-0.05, 0) is 55.4 Å². The quantitative estimate of drug-likeness (QED) is 0.845. The molecule has 1 aromatic heterocycles. The van der Waals surface area contributed by atoms with Gasteiger partial charge in [0, 0.05) is 19.6 Å². The van der Waals surface area contributed by atoms with E-state index < -0.39 is 6.10 Å². The van der Waals surface area contributed by atoms with Crippen molar-refractivity contribution in [1.82, 2.24) is 9.88 Å². The summed E-state index contributed by atoms with van der Waals surface area (Å²) in [5.41, 5.74) is 1.18. The minimum Gasteiger partial charge on any atom is -0.506 e. The highest BCUT2D eigenvalue weighted by Gasteiger charge is 2.42. The molecule has 1 aliphatic heterocycles. The summed E-state index contributed by atoms with van der Waals surface area (Å²) in [5.74, 6) is 1.22. The number of halogens is 1. The molecule has 4 atom stereocenters. The third kappa shape index (κ3) is 3.92. The maximum Gasteiger partial charge on any atom is 0.167 e. The summed E-state index contributed by atoms with van der Waals surface area (Å²) in [6.07, 6.45) is 2.58. The summed E-state index contributed by atoms with van der Waals surface area (Å²) in [5, 5.41) is 19.7. The van der Waals surface area contributed by atoms with E-state index >= 15 is 0 Å². The normalized spacial score (nSPS) is 26.1. The lowest BCUT2D eigenvalue weighted by atomic mass is 10.0. The zero-order valence-corrected chi connectivity index (χ0v) is 15.4. The van der Waals surface area contributed by atoms with Crippen LogP contribution in [0.5, 0.6) is 11.5 Å². The molecule has 6 heteroatoms. The predicted octanol–water partition coefficient (Wildman–Crippen LogP) is 3.06. The first-order valence-electron chi connectivity index (χ1n) is 9.46. The molecular formula is C21H25FN2O3. The molecule has 0 radical (unpaired) electrons. The van der Waals surface area contributed by atoms with E-state index in [9.17, 15) is 14.6 Å². The van der Waals surface area contributed by atoms with E-state index in [-0.39, 0.29) is 17.7 Å². The van der Waals surface area contributed by atoms with Gasteiger partial charge in [-0.3, -0.25) is 9.88 Å². The molecule has 5 nitrogen and oxygen atoms in total. The highest BCUT2D eigenvalue weighted by molar-refractivity contribution is 5.30. The molecule has 2 heterocycles. The molecule has 2 aromatic rings. The van der Waals surface area contributed by atoms with Crippen LogP contribution in [0.25, 0.3) is 0 Å². The molecule has 0 spiro atoms. The van der Waals surface area contributed by atoms with Crippen molar-refractivity contribution in [3.63, 3.8) is 0 Å². The SMILES string of the molecule is Cc1cccc(O[C@H]2C[C@@H]3CN(CC(O)c4ccc(O)cn4)C[C@@H]3C2)c1F. The van der Waals surface area contributed by atoms with Gasteiger partial charge in [0.2, 0.25) is 0 Å². The number of benzene rings is 1. The van der Waals surface area contributed by atoms with Gasteiger partial charge in [0.1, 0.15) is 11.9 Å². The lowest BCUT2D eigenvalue weighted by Crippen LogP contribution is -2.29. The number of aromatic hydroxyl groups is 1. The van der Waals surface area contributed by atoms with Crippen LogP contribution >= 0.6 is 0 Å². The number of aryl methyl sites for hydroxylation is 1. The molecule has 4 rings (SSSR count). The maximum absolute atomic E-state index is 14.2. The topological polar surface area (TPSA) is 65.8 Å². The smallest absolute Gasteiger partial charge is 0.167 e. The zero-order chi connectivity index (χ0) is 19.0. The fraction of sp³-hybridized carbons (Fsp3) is 0.476. The highest BCUT2D eigenvalue weighted by atomic mass is 19.1. The van der Waals surface area contributed by atoms with Crippen LogP contribution < -0.4 is 4.74 Å². The van der Waals surface area contributed by atoms with Crippen LogP contribution in [0.4, 0.5) is 4.39 Å². The summed E-state index contributed by atoms with van der Waals surface area (Å²) < 4.78 is 20.1. The van der Waals surface area contributed by atoms with Crippen LogP contribution in [-0.4, -0.2) is 45.8 Å². The third-order valence-corrected chi connectivity index (χ3v) is 5.78. The molecule has 1 aromatic carbocycles. The van der Waals surface area contributed by atoms with Gasteiger partial charge in [0.05, 0.1) is 18.0 Å². The molecule has 2 fully saturated rings. The molecular weight excluding hydrogens is 347 g/mol. The second kappa shape index (κ2) is 7.44. The molecule has 1 unspecified atom stereocenters. The number of hydrogen-bond acceptors (Lipinski definition) is 5. The monoisotopic (exact) mass is 372 g/mol. The summed E-state index contributed by atoms with van der Waals surface area (Å²) in [6, 6.07) is 8.46. The lowest BCUT2D eigenvalue weighted by Gasteiger charge is -2.22. The van der Waals surface area contributed by atoms with Crippen LogP contribution in [0.3, 0.4) is 0 Å². The Morgan fingerprint density at radius 3 is 2.63 bits per heavy atom. The number of aliphatic hydroxyl groups excluding tert-OH is 1. The number of β-amino-alcohol motifs (C(OH)–C–C–N with tert-alkyl or cyclic N) is 1. The fourth-order valence-electron chi connectivity index (χ4n) is 4.41. The van der Waals surface area contributed by atoms with Gasteiger partial charge in [-0.25, -0.2) is 4.39 Å². The Bertz CT molecular complexity index is 785. The van der Waals surface area contributed by atoms with Crippen LogP contribution in [-0.2, 0) is 0 Å². The second-order valence-electron chi connectivity index (χ2n) is 7.79. The van der Waals surface area contributed by atoms with Crippen molar-refractivity contribution in [2.24, 2.45) is 11.8 Å². The van der Waals surface area contributed by atoms with E-state index in [0.717, 1.165) is 25.9 Å². The molecule has 2 aliphatic rings. The molecule has 27 heavy (non-hydrogen) atoms. The van der Waals surface area contributed by atoms with Gasteiger partial charge in [0.25, 0.3) is 0 Å². The minimum absolute atomic E-state index is 0.0575. The van der Waals surface area contributed by atoms with Crippen LogP contribution in [0.2, 0.25) is 0 Å². The zero-order valence-electron chi connectivity index (χ0n) is 15.4. The summed E-state index contributed by atoms with van der Waals surface area (Å²) in [4.78, 5) is 6.35. The Labute approximate surface area is 158 Å². The number of rotatable bonds is 5. The van der Waals surface area contributed by atoms with Gasteiger partial charge < -0.3 is 14.9 Å². The first kappa shape index (κ1) is 18.2. The summed E-state index contributed by atoms with van der Waals surface area (Å²) in [7, 11) is 0. The Morgan fingerprint density at radius 2 is 1.96 bits per heavy atom. The Hall–Kier alpha value is -2.18. The Kier molecular flexibility index (Phi) is 5.02. The first-order valence-corrected chi connectivity index (χ1v) is 9.46. The number of hydrogen-bond donors (Lipinski definition) is 2. The first-order chi connectivity index (χ1) is 13.0. The van der Waals surface area contributed by atoms with E-state index in [1.54, 1.807) is 25.1 Å². The molecule has 1 saturated heterocycles. The predicted molar refractivity (Wildman–Crippen MR) is 99.1 cm³/mol. The van der Waals surface area contributed by atoms with Crippen molar-refractivity contribution < 1.29 is 19.3 Å². The van der Waals surface area contributed by atoms with E-state index in [2.05, 4.69) is 9.88 Å². The number of aliphatic hydroxyl groups is 1. The second-order valence-corrected chi connectivity index (χ2v) is 7.79. The van der Waals surface area contributed by atoms with Gasteiger partial charge >= 0.3 is 0 Å². The number of likely N-dealkylation sites (tertiary alicyclic amines) is 1. The van der Waals surface area contributed by atoms with Crippen molar-refractivity contribution in [1.29, 1.82) is 0 Å². The van der Waals surface area contributed by atoms with E-state index in [0.29, 0.717) is 35.4 Å². The van der Waals surface area contributed by atoms with Crippen molar-refractivity contribution in [3.8, 4) is 11.5 Å². The average molecular weight is 372 g/mol. The highest BCUT2D eigenvalue weighted by Crippen LogP contribution is 2.40. The number of fused-ring (bicyclic) bond motifs is 1. The van der Waals surface area contributed by atoms with Gasteiger partial charge in [-0.1, -0.05) is 12.1 Å². The molecule has 0 bridgehead atoms. The minimum atomic E-state index is -0.669. The molecule has 144 valence electrons. The third-order valence-electron chi connectivity index (χ3n) is 5.78. The summed E-state index contributed by atoms with van der Waals surface area (Å²) >= 11 is 0. The lowest BCUT2D eigenvalue weighted by molar-refractivity contribution is 0.112. The van der Waals surface area contributed by atoms with Crippen LogP contribution in [0.15, 0.2) is 36.5 Å². The van der Waals surface area contributed by atoms with Crippen molar-refractivity contribution in [3.05, 3.63) is 53.6 Å². The van der Waals surface area contributed by atoms with Gasteiger partial charge in [-0.15, -0.1) is 0 Å². The average Bonchev–Trinajstić information content (AvgIpc) is 3.17. The van der Waals surface area contributed by atoms with Crippen LogP contribution in [0.1, 0.15) is 30.2 Å². The largest absolute Gasteiger partial charge is 0.506 e. The van der Waals surface area contributed by atoms with Crippen molar-refractivity contribution >= 4 is 0 Å². The Balaban J connectivity index is 1.30. The molecule has 1 aliphatic carbocycles. The van der Waals surface area contributed by atoms with E-state index in [1.807, 2.05) is 6.07 Å². The fourth-order valence-corrected chi connectivity index (χ4v) is 4.41. The number of ether oxygens (including phenoxy) is 1. The van der Waals surface area contributed by atoms with Gasteiger partial charge in [-0.2, -0.15) is 0 Å². The summed E-state index contributed by atoms with van der Waals surface area (Å²) in [6.45, 7) is 4.10. The number of pyridine rings is 1. The van der Waals surface area contributed by atoms with Crippen LogP contribution in [0, 0.1) is 24.6 Å². The molecule has 1 saturated carbocycles. The standard InChI is InChI=1S/C21H25FN2O3/c1-13-3-2-4-20(21(13)22)27-17-7-14-10-24(11-15(14)8-17)12-19(26)18-6-5-16(25)9-23-18/h2-6,9,14-15,17,19,25-26H,7-8,10-12H2,1H3/t14-,15+,17+,19?.